The molecule has 0 saturated heterocycles. The lowest BCUT2D eigenvalue weighted by Crippen LogP contribution is -2.29. The summed E-state index contributed by atoms with van der Waals surface area (Å²) < 4.78 is 0. The van der Waals surface area contributed by atoms with Gasteiger partial charge in [-0.3, -0.25) is 0 Å². The normalized spacial score (nSPS) is 27.3. The molecule has 1 fully saturated rings. The fourth-order valence-corrected chi connectivity index (χ4v) is 2.35. The Kier molecular flexibility index (Phi) is 4.96. The molecule has 82 valence electrons. The van der Waals surface area contributed by atoms with Crippen LogP contribution in [0, 0.1) is 11.8 Å². The summed E-state index contributed by atoms with van der Waals surface area (Å²) in [4.78, 5) is 27.7. The summed E-state index contributed by atoms with van der Waals surface area (Å²) >= 11 is 0. The Bertz CT molecular complexity index is 291. The van der Waals surface area contributed by atoms with Crippen molar-refractivity contribution < 1.29 is 9.59 Å². The van der Waals surface area contributed by atoms with E-state index in [1.165, 1.54) is 6.42 Å². The maximum atomic E-state index is 10.3. The summed E-state index contributed by atoms with van der Waals surface area (Å²) in [7, 11) is 0. The van der Waals surface area contributed by atoms with Crippen LogP contribution < -0.4 is 0 Å². The molecule has 4 nitrogen and oxygen atoms in total. The minimum atomic E-state index is 0.0769. The lowest BCUT2D eigenvalue weighted by atomic mass is 9.77. The van der Waals surface area contributed by atoms with Crippen LogP contribution in [0.4, 0.5) is 0 Å². The number of carbonyl (C=O) groups excluding carboxylic acids is 2. The average Bonchev–Trinajstić information content (AvgIpc) is 2.27. The second-order valence-electron chi connectivity index (χ2n) is 4.15. The Balaban J connectivity index is 2.61. The first-order chi connectivity index (χ1) is 7.29. The van der Waals surface area contributed by atoms with Gasteiger partial charge in [0.2, 0.25) is 12.2 Å². The maximum Gasteiger partial charge on any atom is 0.235 e. The molecular weight excluding hydrogens is 192 g/mol. The number of rotatable bonds is 4. The lowest BCUT2D eigenvalue weighted by molar-refractivity contribution is 0.233. The van der Waals surface area contributed by atoms with Gasteiger partial charge in [0, 0.05) is 0 Å². The highest BCUT2D eigenvalue weighted by Gasteiger charge is 2.29. The molecule has 0 bridgehead atoms. The summed E-state index contributed by atoms with van der Waals surface area (Å²) in [6, 6.07) is 0.0769. The molecular formula is C11H16N2O2. The molecule has 3 atom stereocenters. The first-order valence-corrected chi connectivity index (χ1v) is 5.40. The van der Waals surface area contributed by atoms with Crippen LogP contribution in [-0.2, 0) is 9.59 Å². The van der Waals surface area contributed by atoms with Crippen LogP contribution >= 0.6 is 0 Å². The monoisotopic (exact) mass is 208 g/mol. The quantitative estimate of drug-likeness (QED) is 0.523. The van der Waals surface area contributed by atoms with Crippen molar-refractivity contribution in [3.8, 4) is 0 Å². The number of hydrogen-bond donors (Lipinski definition) is 0. The van der Waals surface area contributed by atoms with E-state index in [0.29, 0.717) is 12.5 Å². The summed E-state index contributed by atoms with van der Waals surface area (Å²) in [5.74, 6) is 0.645. The summed E-state index contributed by atoms with van der Waals surface area (Å²) in [6.45, 7) is 2.53. The third-order valence-electron chi connectivity index (χ3n) is 3.17. The topological polar surface area (TPSA) is 58.9 Å². The molecule has 15 heavy (non-hydrogen) atoms. The number of aliphatic imine (C=N–C) groups is 2. The Labute approximate surface area is 89.5 Å². The molecule has 0 aromatic heterocycles. The van der Waals surface area contributed by atoms with Gasteiger partial charge in [0.05, 0.1) is 12.6 Å². The highest BCUT2D eigenvalue weighted by atomic mass is 16.1. The second-order valence-corrected chi connectivity index (χ2v) is 4.15. The number of hydrogen-bond acceptors (Lipinski definition) is 4. The highest BCUT2D eigenvalue weighted by molar-refractivity contribution is 5.34. The summed E-state index contributed by atoms with van der Waals surface area (Å²) in [5.41, 5.74) is 0. The van der Waals surface area contributed by atoms with E-state index in [-0.39, 0.29) is 12.0 Å². The van der Waals surface area contributed by atoms with Crippen LogP contribution in [0.25, 0.3) is 0 Å². The zero-order valence-corrected chi connectivity index (χ0v) is 8.98. The Hall–Kier alpha value is -1.24. The Morgan fingerprint density at radius 3 is 2.67 bits per heavy atom. The van der Waals surface area contributed by atoms with E-state index >= 15 is 0 Å². The zero-order chi connectivity index (χ0) is 11.1. The SMILES string of the molecule is CC(CN=C=O)C1CCCCC1N=C=O. The van der Waals surface area contributed by atoms with E-state index < -0.39 is 0 Å². The largest absolute Gasteiger partial charge is 0.235 e. The fourth-order valence-electron chi connectivity index (χ4n) is 2.35. The molecule has 1 aliphatic carbocycles. The van der Waals surface area contributed by atoms with Gasteiger partial charge >= 0.3 is 0 Å². The fraction of sp³-hybridized carbons (Fsp3) is 0.818. The van der Waals surface area contributed by atoms with E-state index in [1.54, 1.807) is 12.2 Å². The van der Waals surface area contributed by atoms with Crippen molar-refractivity contribution in [1.82, 2.24) is 0 Å². The third kappa shape index (κ3) is 3.43. The van der Waals surface area contributed by atoms with E-state index in [9.17, 15) is 9.59 Å². The van der Waals surface area contributed by atoms with Crippen molar-refractivity contribution in [2.45, 2.75) is 38.6 Å². The maximum absolute atomic E-state index is 10.3. The van der Waals surface area contributed by atoms with Crippen molar-refractivity contribution in [2.75, 3.05) is 6.54 Å². The molecule has 0 radical (unpaired) electrons. The van der Waals surface area contributed by atoms with Gasteiger partial charge in [0.15, 0.2) is 0 Å². The van der Waals surface area contributed by atoms with Gasteiger partial charge in [0.1, 0.15) is 0 Å². The van der Waals surface area contributed by atoms with Crippen LogP contribution in [0.3, 0.4) is 0 Å². The van der Waals surface area contributed by atoms with Crippen molar-refractivity contribution in [1.29, 1.82) is 0 Å². The predicted octanol–water partition coefficient (Wildman–Crippen LogP) is 1.85. The van der Waals surface area contributed by atoms with Gasteiger partial charge in [-0.15, -0.1) is 0 Å². The molecule has 1 rings (SSSR count). The highest BCUT2D eigenvalue weighted by Crippen LogP contribution is 2.32. The summed E-state index contributed by atoms with van der Waals surface area (Å²) in [6.07, 6.45) is 7.50. The van der Waals surface area contributed by atoms with Gasteiger partial charge in [-0.1, -0.05) is 19.8 Å². The summed E-state index contributed by atoms with van der Waals surface area (Å²) in [5, 5.41) is 0. The minimum absolute atomic E-state index is 0.0769. The standard InChI is InChI=1S/C11H16N2O2/c1-9(6-12-7-14)10-4-2-3-5-11(10)13-8-15/h9-11H,2-6H2,1H3. The van der Waals surface area contributed by atoms with E-state index in [4.69, 9.17) is 0 Å². The molecule has 1 aliphatic rings. The predicted molar refractivity (Wildman–Crippen MR) is 56.0 cm³/mol. The molecule has 4 heteroatoms. The Morgan fingerprint density at radius 1 is 1.27 bits per heavy atom. The molecule has 0 aliphatic heterocycles. The van der Waals surface area contributed by atoms with Crippen molar-refractivity contribution in [2.24, 2.45) is 21.8 Å². The zero-order valence-electron chi connectivity index (χ0n) is 8.98. The van der Waals surface area contributed by atoms with Gasteiger partial charge < -0.3 is 0 Å². The van der Waals surface area contributed by atoms with Gasteiger partial charge in [0.25, 0.3) is 0 Å². The lowest BCUT2D eigenvalue weighted by Gasteiger charge is -2.31. The number of nitrogens with zero attached hydrogens (tertiary/aromatic N) is 2. The second kappa shape index (κ2) is 6.28. The van der Waals surface area contributed by atoms with E-state index in [1.807, 2.05) is 6.92 Å². The van der Waals surface area contributed by atoms with E-state index in [0.717, 1.165) is 19.3 Å². The molecule has 0 amide bonds. The van der Waals surface area contributed by atoms with Crippen LogP contribution in [0.2, 0.25) is 0 Å². The van der Waals surface area contributed by atoms with Crippen LogP contribution in [-0.4, -0.2) is 24.7 Å². The van der Waals surface area contributed by atoms with E-state index in [2.05, 4.69) is 9.98 Å². The molecule has 0 N–H and O–H groups in total. The smallest absolute Gasteiger partial charge is 0.211 e. The molecule has 0 aromatic carbocycles. The Morgan fingerprint density at radius 2 is 2.00 bits per heavy atom. The molecule has 0 aromatic rings. The van der Waals surface area contributed by atoms with Gasteiger partial charge in [-0.25, -0.2) is 19.6 Å². The average molecular weight is 208 g/mol. The third-order valence-corrected chi connectivity index (χ3v) is 3.17. The van der Waals surface area contributed by atoms with Crippen molar-refractivity contribution in [3.05, 3.63) is 0 Å². The van der Waals surface area contributed by atoms with Crippen LogP contribution in [0.15, 0.2) is 9.98 Å². The number of isocyanates is 2. The van der Waals surface area contributed by atoms with Gasteiger partial charge in [-0.2, -0.15) is 0 Å². The molecule has 0 spiro atoms. The first-order valence-electron chi connectivity index (χ1n) is 5.40. The molecule has 0 heterocycles. The van der Waals surface area contributed by atoms with Gasteiger partial charge in [-0.05, 0) is 24.7 Å². The van der Waals surface area contributed by atoms with Crippen LogP contribution in [0.5, 0.6) is 0 Å². The van der Waals surface area contributed by atoms with Crippen molar-refractivity contribution in [3.63, 3.8) is 0 Å². The molecule has 3 unspecified atom stereocenters. The first kappa shape index (κ1) is 11.8. The minimum Gasteiger partial charge on any atom is -0.211 e. The molecule has 1 saturated carbocycles. The van der Waals surface area contributed by atoms with Crippen molar-refractivity contribution >= 4 is 12.2 Å². The van der Waals surface area contributed by atoms with Crippen LogP contribution in [0.1, 0.15) is 32.6 Å².